The molecular formula is C14H19N3O4. The lowest BCUT2D eigenvalue weighted by atomic mass is 10.1. The Kier molecular flexibility index (Phi) is 5.71. The van der Waals surface area contributed by atoms with Gasteiger partial charge in [0.2, 0.25) is 5.91 Å². The molecule has 0 bridgehead atoms. The molecule has 0 aliphatic rings. The number of nitrogens with zero attached hydrogens (tertiary/aromatic N) is 2. The van der Waals surface area contributed by atoms with E-state index < -0.39 is 5.97 Å². The molecule has 0 unspecified atom stereocenters. The van der Waals surface area contributed by atoms with Crippen molar-refractivity contribution in [2.45, 2.75) is 6.54 Å². The third-order valence-electron chi connectivity index (χ3n) is 2.86. The van der Waals surface area contributed by atoms with E-state index in [2.05, 4.69) is 5.32 Å². The monoisotopic (exact) mass is 293 g/mol. The number of carboxylic acid groups (broad SMARTS) is 1. The molecule has 0 aliphatic heterocycles. The molecule has 0 aromatic heterocycles. The molecule has 0 heterocycles. The van der Waals surface area contributed by atoms with Crippen LogP contribution in [0.15, 0.2) is 24.3 Å². The predicted octanol–water partition coefficient (Wildman–Crippen LogP) is 0.614. The molecule has 114 valence electrons. The molecule has 2 N–H and O–H groups in total. The van der Waals surface area contributed by atoms with E-state index >= 15 is 0 Å². The quantitative estimate of drug-likeness (QED) is 0.832. The number of benzene rings is 1. The van der Waals surface area contributed by atoms with E-state index in [1.807, 2.05) is 0 Å². The summed E-state index contributed by atoms with van der Waals surface area (Å²) in [6.45, 7) is 0.260. The lowest BCUT2D eigenvalue weighted by Gasteiger charge is -2.19. The fourth-order valence-electron chi connectivity index (χ4n) is 1.54. The van der Waals surface area contributed by atoms with Gasteiger partial charge in [0.15, 0.2) is 0 Å². The fourth-order valence-corrected chi connectivity index (χ4v) is 1.54. The van der Waals surface area contributed by atoms with Gasteiger partial charge in [0.1, 0.15) is 0 Å². The van der Waals surface area contributed by atoms with E-state index in [0.717, 1.165) is 5.56 Å². The zero-order valence-corrected chi connectivity index (χ0v) is 12.3. The molecule has 3 amide bonds. The summed E-state index contributed by atoms with van der Waals surface area (Å²) >= 11 is 0. The van der Waals surface area contributed by atoms with E-state index in [9.17, 15) is 14.4 Å². The molecule has 0 aliphatic carbocycles. The zero-order chi connectivity index (χ0) is 16.0. The summed E-state index contributed by atoms with van der Waals surface area (Å²) in [5, 5.41) is 11.3. The SMILES string of the molecule is CN(C)C(=O)CNC(=O)N(C)Cc1ccc(C(=O)O)cc1. The lowest BCUT2D eigenvalue weighted by Crippen LogP contribution is -2.42. The Balaban J connectivity index is 2.52. The van der Waals surface area contributed by atoms with Crippen molar-refractivity contribution in [2.75, 3.05) is 27.7 Å². The highest BCUT2D eigenvalue weighted by Crippen LogP contribution is 2.07. The van der Waals surface area contributed by atoms with Crippen LogP contribution in [0.4, 0.5) is 4.79 Å². The van der Waals surface area contributed by atoms with Gasteiger partial charge in [-0.05, 0) is 17.7 Å². The molecule has 1 aromatic rings. The number of urea groups is 1. The number of hydrogen-bond donors (Lipinski definition) is 2. The number of aromatic carboxylic acids is 1. The van der Waals surface area contributed by atoms with Crippen LogP contribution in [0, 0.1) is 0 Å². The number of hydrogen-bond acceptors (Lipinski definition) is 3. The van der Waals surface area contributed by atoms with Gasteiger partial charge in [-0.3, -0.25) is 4.79 Å². The van der Waals surface area contributed by atoms with Gasteiger partial charge in [-0.2, -0.15) is 0 Å². The normalized spacial score (nSPS) is 9.86. The van der Waals surface area contributed by atoms with E-state index in [1.54, 1.807) is 33.3 Å². The third kappa shape index (κ3) is 5.13. The first-order valence-electron chi connectivity index (χ1n) is 6.32. The zero-order valence-electron chi connectivity index (χ0n) is 12.3. The summed E-state index contributed by atoms with van der Waals surface area (Å²) in [5.41, 5.74) is 0.999. The molecule has 0 atom stereocenters. The number of amides is 3. The standard InChI is InChI=1S/C14H19N3O4/c1-16(2)12(18)8-15-14(21)17(3)9-10-4-6-11(7-5-10)13(19)20/h4-7H,8-9H2,1-3H3,(H,15,21)(H,19,20). The largest absolute Gasteiger partial charge is 0.478 e. The summed E-state index contributed by atoms with van der Waals surface area (Å²) in [6.07, 6.45) is 0. The third-order valence-corrected chi connectivity index (χ3v) is 2.86. The van der Waals surface area contributed by atoms with Crippen molar-refractivity contribution in [3.63, 3.8) is 0 Å². The summed E-state index contributed by atoms with van der Waals surface area (Å²) in [7, 11) is 4.82. The maximum absolute atomic E-state index is 11.8. The van der Waals surface area contributed by atoms with E-state index in [0.29, 0.717) is 6.54 Å². The van der Waals surface area contributed by atoms with Gasteiger partial charge in [0.25, 0.3) is 0 Å². The second-order valence-corrected chi connectivity index (χ2v) is 4.81. The van der Waals surface area contributed by atoms with Crippen molar-refractivity contribution < 1.29 is 19.5 Å². The topological polar surface area (TPSA) is 90.0 Å². The molecule has 0 saturated heterocycles. The van der Waals surface area contributed by atoms with Crippen LogP contribution >= 0.6 is 0 Å². The van der Waals surface area contributed by atoms with Crippen molar-refractivity contribution in [3.05, 3.63) is 35.4 Å². The Morgan fingerprint density at radius 2 is 1.67 bits per heavy atom. The highest BCUT2D eigenvalue weighted by molar-refractivity contribution is 5.87. The van der Waals surface area contributed by atoms with Crippen LogP contribution in [0.1, 0.15) is 15.9 Å². The summed E-state index contributed by atoms with van der Waals surface area (Å²) in [6, 6.07) is 5.90. The highest BCUT2D eigenvalue weighted by Gasteiger charge is 2.12. The minimum atomic E-state index is -0.991. The van der Waals surface area contributed by atoms with Gasteiger partial charge < -0.3 is 20.2 Å². The molecule has 0 saturated carbocycles. The Morgan fingerprint density at radius 3 is 2.14 bits per heavy atom. The first kappa shape index (κ1) is 16.5. The molecule has 0 spiro atoms. The molecular weight excluding hydrogens is 274 g/mol. The molecule has 1 rings (SSSR count). The first-order valence-corrected chi connectivity index (χ1v) is 6.32. The van der Waals surface area contributed by atoms with Gasteiger partial charge in [-0.1, -0.05) is 12.1 Å². The van der Waals surface area contributed by atoms with E-state index in [1.165, 1.54) is 21.9 Å². The highest BCUT2D eigenvalue weighted by atomic mass is 16.4. The average Bonchev–Trinajstić information content (AvgIpc) is 2.44. The fraction of sp³-hybridized carbons (Fsp3) is 0.357. The van der Waals surface area contributed by atoms with Crippen molar-refractivity contribution in [3.8, 4) is 0 Å². The Morgan fingerprint density at radius 1 is 1.10 bits per heavy atom. The second kappa shape index (κ2) is 7.28. The number of carbonyl (C=O) groups is 3. The van der Waals surface area contributed by atoms with Gasteiger partial charge in [-0.15, -0.1) is 0 Å². The van der Waals surface area contributed by atoms with Crippen LogP contribution in [0.25, 0.3) is 0 Å². The Labute approximate surface area is 123 Å². The van der Waals surface area contributed by atoms with Crippen LogP contribution in [0.3, 0.4) is 0 Å². The van der Waals surface area contributed by atoms with Gasteiger partial charge in [0.05, 0.1) is 12.1 Å². The van der Waals surface area contributed by atoms with E-state index in [-0.39, 0.29) is 24.0 Å². The number of carboxylic acids is 1. The number of likely N-dealkylation sites (N-methyl/N-ethyl adjacent to an activating group) is 1. The predicted molar refractivity (Wildman–Crippen MR) is 77.0 cm³/mol. The maximum atomic E-state index is 11.8. The van der Waals surface area contributed by atoms with Crippen molar-refractivity contribution in [2.24, 2.45) is 0 Å². The minimum absolute atomic E-state index is 0.0614. The Hall–Kier alpha value is -2.57. The minimum Gasteiger partial charge on any atom is -0.478 e. The van der Waals surface area contributed by atoms with Gasteiger partial charge in [-0.25, -0.2) is 9.59 Å². The molecule has 1 aromatic carbocycles. The maximum Gasteiger partial charge on any atom is 0.335 e. The number of carbonyl (C=O) groups excluding carboxylic acids is 2. The average molecular weight is 293 g/mol. The van der Waals surface area contributed by atoms with Crippen molar-refractivity contribution in [1.29, 1.82) is 0 Å². The summed E-state index contributed by atoms with van der Waals surface area (Å²) < 4.78 is 0. The molecule has 21 heavy (non-hydrogen) atoms. The van der Waals surface area contributed by atoms with Crippen molar-refractivity contribution in [1.82, 2.24) is 15.1 Å². The first-order chi connectivity index (χ1) is 9.81. The lowest BCUT2D eigenvalue weighted by molar-refractivity contribution is -0.127. The smallest absolute Gasteiger partial charge is 0.335 e. The van der Waals surface area contributed by atoms with Crippen LogP contribution in [0.5, 0.6) is 0 Å². The molecule has 0 radical (unpaired) electrons. The molecule has 7 heteroatoms. The van der Waals surface area contributed by atoms with Crippen LogP contribution in [-0.4, -0.2) is 60.5 Å². The summed E-state index contributed by atoms with van der Waals surface area (Å²) in [4.78, 5) is 36.7. The summed E-state index contributed by atoms with van der Waals surface area (Å²) in [5.74, 6) is -1.18. The van der Waals surface area contributed by atoms with E-state index in [4.69, 9.17) is 5.11 Å². The van der Waals surface area contributed by atoms with Gasteiger partial charge in [0, 0.05) is 27.7 Å². The van der Waals surface area contributed by atoms with Gasteiger partial charge >= 0.3 is 12.0 Å². The van der Waals surface area contributed by atoms with Crippen LogP contribution < -0.4 is 5.32 Å². The molecule has 7 nitrogen and oxygen atoms in total. The van der Waals surface area contributed by atoms with Crippen molar-refractivity contribution >= 4 is 17.9 Å². The van der Waals surface area contributed by atoms with Crippen LogP contribution in [0.2, 0.25) is 0 Å². The van der Waals surface area contributed by atoms with Crippen LogP contribution in [-0.2, 0) is 11.3 Å². The second-order valence-electron chi connectivity index (χ2n) is 4.81. The number of rotatable bonds is 5. The number of nitrogens with one attached hydrogen (secondary N) is 1. The Bertz CT molecular complexity index is 526. The molecule has 0 fully saturated rings.